The van der Waals surface area contributed by atoms with Gasteiger partial charge in [0.25, 0.3) is 0 Å². The third-order valence-corrected chi connectivity index (χ3v) is 4.67. The van der Waals surface area contributed by atoms with Crippen LogP contribution in [0.4, 0.5) is 0 Å². The fourth-order valence-electron chi connectivity index (χ4n) is 2.38. The Labute approximate surface area is 114 Å². The van der Waals surface area contributed by atoms with E-state index in [-0.39, 0.29) is 0 Å². The van der Waals surface area contributed by atoms with Crippen molar-refractivity contribution in [3.05, 3.63) is 21.9 Å². The Morgan fingerprint density at radius 3 is 2.83 bits per heavy atom. The lowest BCUT2D eigenvalue weighted by molar-refractivity contribution is 0.182. The zero-order valence-electron chi connectivity index (χ0n) is 11.4. The highest BCUT2D eigenvalue weighted by atomic mass is 32.1. The Bertz CT molecular complexity index is 353. The first-order chi connectivity index (χ1) is 8.83. The minimum absolute atomic E-state index is 0.525. The first kappa shape index (κ1) is 14.0. The van der Waals surface area contributed by atoms with E-state index >= 15 is 0 Å². The standard InChI is InChI=1S/C14H24N2OS/c1-3-12-5-6-13(18-12)8-15-7-11-9-17-10-14(11)16-4-2/h5-6,11,14-16H,3-4,7-10H2,1-2H3. The molecule has 2 unspecified atom stereocenters. The summed E-state index contributed by atoms with van der Waals surface area (Å²) in [6, 6.07) is 5.00. The highest BCUT2D eigenvalue weighted by Gasteiger charge is 2.26. The average Bonchev–Trinajstić information content (AvgIpc) is 3.00. The molecule has 18 heavy (non-hydrogen) atoms. The van der Waals surface area contributed by atoms with Gasteiger partial charge >= 0.3 is 0 Å². The van der Waals surface area contributed by atoms with E-state index in [1.54, 1.807) is 0 Å². The normalized spacial score (nSPS) is 23.7. The van der Waals surface area contributed by atoms with Gasteiger partial charge in [0.1, 0.15) is 0 Å². The molecule has 0 radical (unpaired) electrons. The Hall–Kier alpha value is -0.420. The average molecular weight is 268 g/mol. The van der Waals surface area contributed by atoms with E-state index in [2.05, 4.69) is 36.6 Å². The molecular weight excluding hydrogens is 244 g/mol. The number of likely N-dealkylation sites (N-methyl/N-ethyl adjacent to an activating group) is 1. The number of hydrogen-bond donors (Lipinski definition) is 2. The molecule has 1 aromatic rings. The molecule has 0 bridgehead atoms. The van der Waals surface area contributed by atoms with Crippen LogP contribution in [0, 0.1) is 5.92 Å². The number of ether oxygens (including phenoxy) is 1. The van der Waals surface area contributed by atoms with Crippen LogP contribution in [0.5, 0.6) is 0 Å². The topological polar surface area (TPSA) is 33.3 Å². The predicted molar refractivity (Wildman–Crippen MR) is 77.2 cm³/mol. The van der Waals surface area contributed by atoms with Crippen LogP contribution in [0.15, 0.2) is 12.1 Å². The van der Waals surface area contributed by atoms with Gasteiger partial charge < -0.3 is 15.4 Å². The maximum Gasteiger partial charge on any atom is 0.0623 e. The van der Waals surface area contributed by atoms with Crippen molar-refractivity contribution in [1.29, 1.82) is 0 Å². The monoisotopic (exact) mass is 268 g/mol. The zero-order chi connectivity index (χ0) is 12.8. The summed E-state index contributed by atoms with van der Waals surface area (Å²) in [5.74, 6) is 0.607. The Morgan fingerprint density at radius 2 is 2.11 bits per heavy atom. The highest BCUT2D eigenvalue weighted by Crippen LogP contribution is 2.17. The smallest absolute Gasteiger partial charge is 0.0623 e. The molecule has 4 heteroatoms. The van der Waals surface area contributed by atoms with Gasteiger partial charge in [0.15, 0.2) is 0 Å². The quantitative estimate of drug-likeness (QED) is 0.794. The Balaban J connectivity index is 1.71. The number of thiophene rings is 1. The van der Waals surface area contributed by atoms with Gasteiger partial charge in [-0.2, -0.15) is 0 Å². The minimum Gasteiger partial charge on any atom is -0.379 e. The fourth-order valence-corrected chi connectivity index (χ4v) is 3.30. The van der Waals surface area contributed by atoms with Gasteiger partial charge in [0.2, 0.25) is 0 Å². The lowest BCUT2D eigenvalue weighted by atomic mass is 10.0. The molecule has 2 atom stereocenters. The number of rotatable bonds is 7. The minimum atomic E-state index is 0.525. The molecule has 102 valence electrons. The highest BCUT2D eigenvalue weighted by molar-refractivity contribution is 7.11. The number of aryl methyl sites for hydroxylation is 1. The molecular formula is C14H24N2OS. The molecule has 0 aromatic carbocycles. The lowest BCUT2D eigenvalue weighted by Gasteiger charge is -2.18. The third kappa shape index (κ3) is 3.79. The maximum atomic E-state index is 5.55. The zero-order valence-corrected chi connectivity index (χ0v) is 12.2. The largest absolute Gasteiger partial charge is 0.379 e. The van der Waals surface area contributed by atoms with Crippen LogP contribution in [-0.4, -0.2) is 32.3 Å². The van der Waals surface area contributed by atoms with Gasteiger partial charge in [-0.3, -0.25) is 0 Å². The fraction of sp³-hybridized carbons (Fsp3) is 0.714. The van der Waals surface area contributed by atoms with Crippen molar-refractivity contribution in [2.45, 2.75) is 32.9 Å². The first-order valence-corrected chi connectivity index (χ1v) is 7.74. The van der Waals surface area contributed by atoms with E-state index in [0.29, 0.717) is 12.0 Å². The van der Waals surface area contributed by atoms with Crippen LogP contribution in [0.3, 0.4) is 0 Å². The molecule has 0 amide bonds. The number of hydrogen-bond acceptors (Lipinski definition) is 4. The second kappa shape index (κ2) is 7.24. The molecule has 1 fully saturated rings. The van der Waals surface area contributed by atoms with Gasteiger partial charge in [0, 0.05) is 34.8 Å². The van der Waals surface area contributed by atoms with Gasteiger partial charge in [-0.05, 0) is 25.1 Å². The Kier molecular flexibility index (Phi) is 5.63. The molecule has 2 N–H and O–H groups in total. The SMILES string of the molecule is CCNC1COCC1CNCc1ccc(CC)s1. The van der Waals surface area contributed by atoms with E-state index in [1.807, 2.05) is 11.3 Å². The van der Waals surface area contributed by atoms with E-state index in [0.717, 1.165) is 39.3 Å². The van der Waals surface area contributed by atoms with Gasteiger partial charge in [0.05, 0.1) is 13.2 Å². The van der Waals surface area contributed by atoms with Crippen molar-refractivity contribution >= 4 is 11.3 Å². The van der Waals surface area contributed by atoms with E-state index in [1.165, 1.54) is 9.75 Å². The molecule has 0 spiro atoms. The molecule has 1 saturated heterocycles. The van der Waals surface area contributed by atoms with Gasteiger partial charge in [-0.1, -0.05) is 13.8 Å². The summed E-state index contributed by atoms with van der Waals surface area (Å²) < 4.78 is 5.55. The van der Waals surface area contributed by atoms with Gasteiger partial charge in [-0.25, -0.2) is 0 Å². The van der Waals surface area contributed by atoms with Crippen molar-refractivity contribution in [3.8, 4) is 0 Å². The van der Waals surface area contributed by atoms with Crippen molar-refractivity contribution in [2.24, 2.45) is 5.92 Å². The third-order valence-electron chi connectivity index (χ3n) is 3.44. The summed E-state index contributed by atoms with van der Waals surface area (Å²) >= 11 is 1.92. The van der Waals surface area contributed by atoms with E-state index in [9.17, 15) is 0 Å². The number of nitrogens with one attached hydrogen (secondary N) is 2. The summed E-state index contributed by atoms with van der Waals surface area (Å²) in [6.45, 7) is 9.15. The summed E-state index contributed by atoms with van der Waals surface area (Å²) in [7, 11) is 0. The Morgan fingerprint density at radius 1 is 1.28 bits per heavy atom. The molecule has 2 heterocycles. The van der Waals surface area contributed by atoms with Crippen molar-refractivity contribution < 1.29 is 4.74 Å². The second-order valence-corrected chi connectivity index (χ2v) is 6.07. The van der Waals surface area contributed by atoms with Crippen molar-refractivity contribution in [3.63, 3.8) is 0 Å². The van der Waals surface area contributed by atoms with E-state index in [4.69, 9.17) is 4.74 Å². The summed E-state index contributed by atoms with van der Waals surface area (Å²) in [4.78, 5) is 2.91. The molecule has 2 rings (SSSR count). The van der Waals surface area contributed by atoms with Crippen LogP contribution in [0.25, 0.3) is 0 Å². The summed E-state index contributed by atoms with van der Waals surface area (Å²) in [5, 5.41) is 7.05. The molecule has 1 aliphatic heterocycles. The molecule has 1 aromatic heterocycles. The van der Waals surface area contributed by atoms with Crippen LogP contribution in [0.2, 0.25) is 0 Å². The second-order valence-electron chi connectivity index (χ2n) is 4.81. The van der Waals surface area contributed by atoms with Crippen LogP contribution in [0.1, 0.15) is 23.6 Å². The lowest BCUT2D eigenvalue weighted by Crippen LogP contribution is -2.39. The van der Waals surface area contributed by atoms with Crippen molar-refractivity contribution in [2.75, 3.05) is 26.3 Å². The van der Waals surface area contributed by atoms with Crippen LogP contribution >= 0.6 is 11.3 Å². The van der Waals surface area contributed by atoms with Gasteiger partial charge in [-0.15, -0.1) is 11.3 Å². The van der Waals surface area contributed by atoms with E-state index < -0.39 is 0 Å². The predicted octanol–water partition coefficient (Wildman–Crippen LogP) is 2.02. The molecule has 3 nitrogen and oxygen atoms in total. The van der Waals surface area contributed by atoms with Crippen LogP contribution in [-0.2, 0) is 17.7 Å². The maximum absolute atomic E-state index is 5.55. The molecule has 1 aliphatic rings. The van der Waals surface area contributed by atoms with Crippen LogP contribution < -0.4 is 10.6 Å². The summed E-state index contributed by atoms with van der Waals surface area (Å²) in [5.41, 5.74) is 0. The first-order valence-electron chi connectivity index (χ1n) is 6.93. The molecule has 0 aliphatic carbocycles. The molecule has 0 saturated carbocycles. The summed E-state index contributed by atoms with van der Waals surface area (Å²) in [6.07, 6.45) is 1.14. The van der Waals surface area contributed by atoms with Crippen molar-refractivity contribution in [1.82, 2.24) is 10.6 Å².